The van der Waals surface area contributed by atoms with Crippen molar-refractivity contribution in [1.82, 2.24) is 20.1 Å². The second-order valence-corrected chi connectivity index (χ2v) is 9.25. The van der Waals surface area contributed by atoms with E-state index in [1.54, 1.807) is 0 Å². The highest BCUT2D eigenvalue weighted by Crippen LogP contribution is 2.49. The van der Waals surface area contributed by atoms with Crippen molar-refractivity contribution >= 4 is 0 Å². The Labute approximate surface area is 157 Å². The van der Waals surface area contributed by atoms with Crippen molar-refractivity contribution in [1.29, 1.82) is 0 Å². The van der Waals surface area contributed by atoms with Crippen LogP contribution in [0.4, 0.5) is 0 Å². The van der Waals surface area contributed by atoms with Crippen LogP contribution in [0.3, 0.4) is 0 Å². The molecule has 1 saturated carbocycles. The van der Waals surface area contributed by atoms with E-state index in [1.165, 1.54) is 63.0 Å². The van der Waals surface area contributed by atoms with E-state index in [4.69, 9.17) is 9.72 Å². The Balaban J connectivity index is 1.32. The minimum Gasteiger partial charge on any atom is -0.490 e. The predicted molar refractivity (Wildman–Crippen MR) is 103 cm³/mol. The molecule has 2 unspecified atom stereocenters. The second kappa shape index (κ2) is 6.47. The Kier molecular flexibility index (Phi) is 4.22. The molecule has 0 radical (unpaired) electrons. The third kappa shape index (κ3) is 2.85. The number of hydrogen-bond acceptors (Lipinski definition) is 5. The van der Waals surface area contributed by atoms with Gasteiger partial charge in [0, 0.05) is 55.3 Å². The average Bonchev–Trinajstić information content (AvgIpc) is 2.97. The molecule has 3 fully saturated rings. The van der Waals surface area contributed by atoms with Gasteiger partial charge in [-0.1, -0.05) is 0 Å². The number of ether oxygens (including phenoxy) is 1. The summed E-state index contributed by atoms with van der Waals surface area (Å²) in [6.07, 6.45) is 9.71. The van der Waals surface area contributed by atoms with Gasteiger partial charge in [0.15, 0.2) is 0 Å². The molecule has 5 nitrogen and oxygen atoms in total. The SMILES string of the molecule is CN(C)CCC1CCC2c3c(OC4CC5(CNC5)C4)ccnc3CCN12. The smallest absolute Gasteiger partial charge is 0.127 e. The molecule has 142 valence electrons. The molecule has 1 spiro atoms. The van der Waals surface area contributed by atoms with E-state index in [-0.39, 0.29) is 0 Å². The summed E-state index contributed by atoms with van der Waals surface area (Å²) in [5.41, 5.74) is 3.27. The summed E-state index contributed by atoms with van der Waals surface area (Å²) in [5, 5.41) is 3.42. The first-order valence-electron chi connectivity index (χ1n) is 10.4. The second-order valence-electron chi connectivity index (χ2n) is 9.25. The van der Waals surface area contributed by atoms with E-state index in [9.17, 15) is 0 Å². The first-order chi connectivity index (χ1) is 12.6. The third-order valence-corrected chi connectivity index (χ3v) is 7.14. The number of rotatable bonds is 5. The molecule has 2 saturated heterocycles. The molecule has 0 amide bonds. The number of pyridine rings is 1. The lowest BCUT2D eigenvalue weighted by Crippen LogP contribution is -2.62. The molecule has 4 aliphatic rings. The van der Waals surface area contributed by atoms with Gasteiger partial charge in [0.2, 0.25) is 0 Å². The van der Waals surface area contributed by atoms with E-state index in [2.05, 4.69) is 35.3 Å². The zero-order chi connectivity index (χ0) is 17.7. The molecule has 1 aliphatic carbocycles. The summed E-state index contributed by atoms with van der Waals surface area (Å²) in [6, 6.07) is 3.37. The number of nitrogens with zero attached hydrogens (tertiary/aromatic N) is 3. The van der Waals surface area contributed by atoms with Crippen LogP contribution in [0, 0.1) is 5.41 Å². The van der Waals surface area contributed by atoms with Crippen LogP contribution in [0.15, 0.2) is 12.3 Å². The maximum absolute atomic E-state index is 6.52. The molecule has 5 heteroatoms. The van der Waals surface area contributed by atoms with Crippen molar-refractivity contribution in [3.8, 4) is 5.75 Å². The molecule has 1 aromatic rings. The van der Waals surface area contributed by atoms with Gasteiger partial charge in [-0.3, -0.25) is 9.88 Å². The highest BCUT2D eigenvalue weighted by molar-refractivity contribution is 5.41. The molecular weight excluding hydrogens is 324 g/mol. The maximum Gasteiger partial charge on any atom is 0.127 e. The first kappa shape index (κ1) is 17.0. The Morgan fingerprint density at radius 1 is 1.31 bits per heavy atom. The number of fused-ring (bicyclic) bond motifs is 3. The van der Waals surface area contributed by atoms with E-state index in [0.717, 1.165) is 24.8 Å². The van der Waals surface area contributed by atoms with Crippen molar-refractivity contribution in [2.45, 2.75) is 56.7 Å². The Bertz CT molecular complexity index is 664. The van der Waals surface area contributed by atoms with Gasteiger partial charge >= 0.3 is 0 Å². The quantitative estimate of drug-likeness (QED) is 0.876. The lowest BCUT2D eigenvalue weighted by Gasteiger charge is -2.54. The normalized spacial score (nSPS) is 30.0. The number of hydrogen-bond donors (Lipinski definition) is 1. The average molecular weight is 357 g/mol. The van der Waals surface area contributed by atoms with Gasteiger partial charge in [0.1, 0.15) is 5.75 Å². The molecule has 1 N–H and O–H groups in total. The standard InChI is InChI=1S/C21H32N4O/c1-24(2)9-6-15-3-4-18-20-17(7-10-25(15)18)23-8-5-19(20)26-16-11-21(12-16)13-22-14-21/h5,8,15-16,18,22H,3-4,6-7,9-14H2,1-2H3. The monoisotopic (exact) mass is 356 g/mol. The zero-order valence-electron chi connectivity index (χ0n) is 16.2. The summed E-state index contributed by atoms with van der Waals surface area (Å²) < 4.78 is 6.52. The van der Waals surface area contributed by atoms with Crippen LogP contribution in [-0.2, 0) is 6.42 Å². The van der Waals surface area contributed by atoms with E-state index < -0.39 is 0 Å². The zero-order valence-corrected chi connectivity index (χ0v) is 16.2. The lowest BCUT2D eigenvalue weighted by molar-refractivity contribution is -0.0505. The Hall–Kier alpha value is -1.17. The van der Waals surface area contributed by atoms with E-state index >= 15 is 0 Å². The molecule has 2 atom stereocenters. The summed E-state index contributed by atoms with van der Waals surface area (Å²) >= 11 is 0. The van der Waals surface area contributed by atoms with Crippen LogP contribution >= 0.6 is 0 Å². The van der Waals surface area contributed by atoms with Gasteiger partial charge in [0.25, 0.3) is 0 Å². The van der Waals surface area contributed by atoms with Gasteiger partial charge in [-0.05, 0) is 58.8 Å². The lowest BCUT2D eigenvalue weighted by atomic mass is 9.63. The third-order valence-electron chi connectivity index (χ3n) is 7.14. The van der Waals surface area contributed by atoms with E-state index in [0.29, 0.717) is 17.6 Å². The van der Waals surface area contributed by atoms with Crippen LogP contribution in [0.5, 0.6) is 5.75 Å². The van der Waals surface area contributed by atoms with Crippen molar-refractivity contribution < 1.29 is 4.74 Å². The molecule has 26 heavy (non-hydrogen) atoms. The number of aromatic nitrogens is 1. The van der Waals surface area contributed by atoms with Crippen molar-refractivity contribution in [2.75, 3.05) is 40.3 Å². The fourth-order valence-electron chi connectivity index (χ4n) is 5.63. The van der Waals surface area contributed by atoms with Crippen LogP contribution in [0.2, 0.25) is 0 Å². The largest absolute Gasteiger partial charge is 0.490 e. The van der Waals surface area contributed by atoms with E-state index in [1.807, 2.05) is 6.20 Å². The minimum absolute atomic E-state index is 0.407. The van der Waals surface area contributed by atoms with Crippen LogP contribution in [0.1, 0.15) is 49.4 Å². The van der Waals surface area contributed by atoms with Crippen LogP contribution < -0.4 is 10.1 Å². The highest BCUT2D eigenvalue weighted by atomic mass is 16.5. The summed E-state index contributed by atoms with van der Waals surface area (Å²) in [5.74, 6) is 1.13. The number of nitrogens with one attached hydrogen (secondary N) is 1. The first-order valence-corrected chi connectivity index (χ1v) is 10.4. The molecular formula is C21H32N4O. The van der Waals surface area contributed by atoms with Gasteiger partial charge in [-0.15, -0.1) is 0 Å². The topological polar surface area (TPSA) is 40.6 Å². The molecule has 1 aromatic heterocycles. The molecule has 4 heterocycles. The molecule has 3 aliphatic heterocycles. The van der Waals surface area contributed by atoms with Gasteiger partial charge < -0.3 is 15.0 Å². The highest BCUT2D eigenvalue weighted by Gasteiger charge is 2.50. The fourth-order valence-corrected chi connectivity index (χ4v) is 5.63. The van der Waals surface area contributed by atoms with Gasteiger partial charge in [-0.2, -0.15) is 0 Å². The summed E-state index contributed by atoms with van der Waals surface area (Å²) in [4.78, 5) is 9.78. The predicted octanol–water partition coefficient (Wildman–Crippen LogP) is 2.23. The Morgan fingerprint density at radius 2 is 2.15 bits per heavy atom. The molecule has 0 bridgehead atoms. The summed E-state index contributed by atoms with van der Waals surface area (Å²) in [6.45, 7) is 4.70. The van der Waals surface area contributed by atoms with Gasteiger partial charge in [-0.25, -0.2) is 0 Å². The fraction of sp³-hybridized carbons (Fsp3) is 0.762. The van der Waals surface area contributed by atoms with Crippen LogP contribution in [0.25, 0.3) is 0 Å². The summed E-state index contributed by atoms with van der Waals surface area (Å²) in [7, 11) is 4.35. The maximum atomic E-state index is 6.52. The van der Waals surface area contributed by atoms with Crippen LogP contribution in [-0.4, -0.2) is 67.2 Å². The van der Waals surface area contributed by atoms with Gasteiger partial charge in [0.05, 0.1) is 11.8 Å². The minimum atomic E-state index is 0.407. The molecule has 5 rings (SSSR count). The van der Waals surface area contributed by atoms with Crippen molar-refractivity contribution in [3.63, 3.8) is 0 Å². The Morgan fingerprint density at radius 3 is 2.88 bits per heavy atom. The molecule has 0 aromatic carbocycles. The van der Waals surface area contributed by atoms with Crippen molar-refractivity contribution in [2.24, 2.45) is 5.41 Å². The van der Waals surface area contributed by atoms with Crippen molar-refractivity contribution in [3.05, 3.63) is 23.5 Å².